The SMILES string of the molecule is CCC(NC(=O)c1cccc2c1OCO2)C(=O)O. The number of amides is 1. The molecule has 2 rings (SSSR count). The van der Waals surface area contributed by atoms with E-state index < -0.39 is 17.9 Å². The van der Waals surface area contributed by atoms with E-state index in [1.165, 1.54) is 0 Å². The lowest BCUT2D eigenvalue weighted by molar-refractivity contribution is -0.139. The third-order valence-corrected chi connectivity index (χ3v) is 2.65. The van der Waals surface area contributed by atoms with Crippen LogP contribution in [0.15, 0.2) is 18.2 Å². The number of rotatable bonds is 4. The molecule has 1 aromatic carbocycles. The van der Waals surface area contributed by atoms with E-state index in [-0.39, 0.29) is 12.4 Å². The molecule has 1 atom stereocenters. The predicted octanol–water partition coefficient (Wildman–Crippen LogP) is 1.01. The summed E-state index contributed by atoms with van der Waals surface area (Å²) in [7, 11) is 0. The van der Waals surface area contributed by atoms with Gasteiger partial charge in [0.1, 0.15) is 6.04 Å². The minimum atomic E-state index is -1.06. The number of carboxylic acid groups (broad SMARTS) is 1. The van der Waals surface area contributed by atoms with Gasteiger partial charge < -0.3 is 19.9 Å². The van der Waals surface area contributed by atoms with Crippen LogP contribution in [0.1, 0.15) is 23.7 Å². The van der Waals surface area contributed by atoms with Gasteiger partial charge in [0.05, 0.1) is 5.56 Å². The van der Waals surface area contributed by atoms with Crippen molar-refractivity contribution in [1.29, 1.82) is 0 Å². The molecule has 0 aromatic heterocycles. The molecule has 0 saturated heterocycles. The van der Waals surface area contributed by atoms with E-state index in [9.17, 15) is 9.59 Å². The van der Waals surface area contributed by atoms with Gasteiger partial charge >= 0.3 is 5.97 Å². The zero-order valence-electron chi connectivity index (χ0n) is 9.80. The van der Waals surface area contributed by atoms with Crippen LogP contribution in [0.2, 0.25) is 0 Å². The highest BCUT2D eigenvalue weighted by atomic mass is 16.7. The van der Waals surface area contributed by atoms with E-state index >= 15 is 0 Å². The maximum atomic E-state index is 12.0. The number of nitrogens with one attached hydrogen (secondary N) is 1. The summed E-state index contributed by atoms with van der Waals surface area (Å²) in [6, 6.07) is 4.01. The number of carbonyl (C=O) groups excluding carboxylic acids is 1. The van der Waals surface area contributed by atoms with Crippen LogP contribution in [-0.2, 0) is 4.79 Å². The topological polar surface area (TPSA) is 84.9 Å². The zero-order valence-corrected chi connectivity index (χ0v) is 9.80. The fourth-order valence-corrected chi connectivity index (χ4v) is 1.68. The van der Waals surface area contributed by atoms with E-state index in [2.05, 4.69) is 5.32 Å². The number of para-hydroxylation sites is 1. The average Bonchev–Trinajstić information content (AvgIpc) is 2.82. The van der Waals surface area contributed by atoms with Gasteiger partial charge in [0.25, 0.3) is 5.91 Å². The minimum Gasteiger partial charge on any atom is -0.480 e. The molecule has 0 bridgehead atoms. The molecule has 18 heavy (non-hydrogen) atoms. The van der Waals surface area contributed by atoms with Crippen LogP contribution in [0.3, 0.4) is 0 Å². The molecule has 1 unspecified atom stereocenters. The van der Waals surface area contributed by atoms with Crippen molar-refractivity contribution in [2.24, 2.45) is 0 Å². The summed E-state index contributed by atoms with van der Waals surface area (Å²) in [6.07, 6.45) is 0.313. The van der Waals surface area contributed by atoms with E-state index in [1.807, 2.05) is 0 Å². The Labute approximate surface area is 104 Å². The van der Waals surface area contributed by atoms with Crippen molar-refractivity contribution in [2.45, 2.75) is 19.4 Å². The number of carboxylic acids is 1. The van der Waals surface area contributed by atoms with Crippen LogP contribution < -0.4 is 14.8 Å². The van der Waals surface area contributed by atoms with Crippen molar-refractivity contribution in [3.8, 4) is 11.5 Å². The van der Waals surface area contributed by atoms with E-state index in [4.69, 9.17) is 14.6 Å². The first-order chi connectivity index (χ1) is 8.63. The Morgan fingerprint density at radius 1 is 1.44 bits per heavy atom. The number of aliphatic carboxylic acids is 1. The molecule has 6 nitrogen and oxygen atoms in total. The van der Waals surface area contributed by atoms with Crippen molar-refractivity contribution in [1.82, 2.24) is 5.32 Å². The molecule has 6 heteroatoms. The standard InChI is InChI=1S/C12H13NO5/c1-2-8(12(15)16)13-11(14)7-4-3-5-9-10(7)18-6-17-9/h3-5,8H,2,6H2,1H3,(H,13,14)(H,15,16). The monoisotopic (exact) mass is 251 g/mol. The van der Waals surface area contributed by atoms with Gasteiger partial charge in [-0.05, 0) is 18.6 Å². The third-order valence-electron chi connectivity index (χ3n) is 2.65. The number of hydrogen-bond acceptors (Lipinski definition) is 4. The highest BCUT2D eigenvalue weighted by Gasteiger charge is 2.24. The predicted molar refractivity (Wildman–Crippen MR) is 61.7 cm³/mol. The van der Waals surface area contributed by atoms with Crippen molar-refractivity contribution in [3.63, 3.8) is 0 Å². The molecule has 1 aliphatic rings. The molecule has 96 valence electrons. The lowest BCUT2D eigenvalue weighted by Crippen LogP contribution is -2.40. The normalized spacial score (nSPS) is 14.1. The van der Waals surface area contributed by atoms with Crippen LogP contribution in [0.5, 0.6) is 11.5 Å². The van der Waals surface area contributed by atoms with E-state index in [0.29, 0.717) is 17.9 Å². The van der Waals surface area contributed by atoms with Gasteiger partial charge in [-0.3, -0.25) is 4.79 Å². The van der Waals surface area contributed by atoms with Crippen molar-refractivity contribution in [2.75, 3.05) is 6.79 Å². The Bertz CT molecular complexity index is 485. The van der Waals surface area contributed by atoms with Gasteiger partial charge in [0.15, 0.2) is 11.5 Å². The fourth-order valence-electron chi connectivity index (χ4n) is 1.68. The summed E-state index contributed by atoms with van der Waals surface area (Å²) in [5, 5.41) is 11.3. The second-order valence-corrected chi connectivity index (χ2v) is 3.81. The largest absolute Gasteiger partial charge is 0.480 e. The lowest BCUT2D eigenvalue weighted by Gasteiger charge is -2.13. The van der Waals surface area contributed by atoms with Crippen molar-refractivity contribution >= 4 is 11.9 Å². The molecule has 0 spiro atoms. The van der Waals surface area contributed by atoms with Crippen LogP contribution >= 0.6 is 0 Å². The minimum absolute atomic E-state index is 0.0652. The Morgan fingerprint density at radius 3 is 2.89 bits per heavy atom. The summed E-state index contributed by atoms with van der Waals surface area (Å²) in [5.74, 6) is -0.691. The molecule has 0 radical (unpaired) electrons. The van der Waals surface area contributed by atoms with Gasteiger partial charge in [-0.2, -0.15) is 0 Å². The molecule has 1 aliphatic heterocycles. The van der Waals surface area contributed by atoms with Crippen molar-refractivity contribution in [3.05, 3.63) is 23.8 Å². The Kier molecular flexibility index (Phi) is 3.36. The van der Waals surface area contributed by atoms with Crippen LogP contribution in [0.25, 0.3) is 0 Å². The van der Waals surface area contributed by atoms with Crippen LogP contribution in [0.4, 0.5) is 0 Å². The summed E-state index contributed by atoms with van der Waals surface area (Å²) in [6.45, 7) is 1.75. The maximum Gasteiger partial charge on any atom is 0.326 e. The van der Waals surface area contributed by atoms with Gasteiger partial charge in [-0.15, -0.1) is 0 Å². The first kappa shape index (κ1) is 12.2. The molecular weight excluding hydrogens is 238 g/mol. The number of carbonyl (C=O) groups is 2. The number of hydrogen-bond donors (Lipinski definition) is 2. The molecule has 1 heterocycles. The molecule has 1 amide bonds. The second-order valence-electron chi connectivity index (χ2n) is 3.81. The molecule has 1 aromatic rings. The summed E-state index contributed by atoms with van der Waals surface area (Å²) in [5.41, 5.74) is 0.282. The highest BCUT2D eigenvalue weighted by Crippen LogP contribution is 2.35. The fraction of sp³-hybridized carbons (Fsp3) is 0.333. The quantitative estimate of drug-likeness (QED) is 0.834. The molecule has 0 aliphatic carbocycles. The second kappa shape index (κ2) is 4.95. The van der Waals surface area contributed by atoms with Gasteiger partial charge in [0.2, 0.25) is 6.79 Å². The summed E-state index contributed by atoms with van der Waals surface area (Å²) >= 11 is 0. The molecule has 0 saturated carbocycles. The van der Waals surface area contributed by atoms with E-state index in [0.717, 1.165) is 0 Å². The lowest BCUT2D eigenvalue weighted by atomic mass is 10.1. The Hall–Kier alpha value is -2.24. The third kappa shape index (κ3) is 2.22. The molecular formula is C12H13NO5. The molecule has 0 fully saturated rings. The van der Waals surface area contributed by atoms with Gasteiger partial charge in [-0.25, -0.2) is 4.79 Å². The van der Waals surface area contributed by atoms with E-state index in [1.54, 1.807) is 25.1 Å². The summed E-state index contributed by atoms with van der Waals surface area (Å²) in [4.78, 5) is 22.8. The maximum absolute atomic E-state index is 12.0. The summed E-state index contributed by atoms with van der Waals surface area (Å²) < 4.78 is 10.3. The van der Waals surface area contributed by atoms with Crippen LogP contribution in [0, 0.1) is 0 Å². The first-order valence-corrected chi connectivity index (χ1v) is 5.55. The molecule has 2 N–H and O–H groups in total. The first-order valence-electron chi connectivity index (χ1n) is 5.55. The Balaban J connectivity index is 2.19. The average molecular weight is 251 g/mol. The van der Waals surface area contributed by atoms with Gasteiger partial charge in [-0.1, -0.05) is 13.0 Å². The van der Waals surface area contributed by atoms with Gasteiger partial charge in [0, 0.05) is 0 Å². The van der Waals surface area contributed by atoms with Crippen molar-refractivity contribution < 1.29 is 24.2 Å². The zero-order chi connectivity index (χ0) is 13.1. The number of ether oxygens (including phenoxy) is 2. The highest BCUT2D eigenvalue weighted by molar-refractivity contribution is 5.99. The number of benzene rings is 1. The number of fused-ring (bicyclic) bond motifs is 1. The van der Waals surface area contributed by atoms with Crippen LogP contribution in [-0.4, -0.2) is 29.8 Å². The Morgan fingerprint density at radius 2 is 2.22 bits per heavy atom. The smallest absolute Gasteiger partial charge is 0.326 e.